The molecule has 0 fully saturated rings. The van der Waals surface area contributed by atoms with Crippen molar-refractivity contribution >= 4 is 15.7 Å². The maximum absolute atomic E-state index is 12.6. The van der Waals surface area contributed by atoms with Gasteiger partial charge in [0.1, 0.15) is 0 Å². The molecule has 0 saturated heterocycles. The van der Waals surface area contributed by atoms with Gasteiger partial charge in [-0.05, 0) is 55.3 Å². The molecule has 1 heterocycles. The van der Waals surface area contributed by atoms with E-state index < -0.39 is 10.0 Å². The fourth-order valence-electron chi connectivity index (χ4n) is 2.22. The fraction of sp³-hybridized carbons (Fsp3) is 0.176. The van der Waals surface area contributed by atoms with Crippen LogP contribution < -0.4 is 4.72 Å². The van der Waals surface area contributed by atoms with E-state index in [2.05, 4.69) is 14.9 Å². The van der Waals surface area contributed by atoms with Gasteiger partial charge in [-0.1, -0.05) is 12.1 Å². The van der Waals surface area contributed by atoms with Crippen LogP contribution in [0.15, 0.2) is 51.8 Å². The molecule has 1 aromatic heterocycles. The summed E-state index contributed by atoms with van der Waals surface area (Å²) >= 11 is 0. The number of hydrogen-bond donors (Lipinski definition) is 1. The molecule has 2 aromatic carbocycles. The summed E-state index contributed by atoms with van der Waals surface area (Å²) in [6, 6.07) is 11.9. The molecule has 0 unspecified atom stereocenters. The Morgan fingerprint density at radius 3 is 2.42 bits per heavy atom. The first kappa shape index (κ1) is 16.2. The van der Waals surface area contributed by atoms with Crippen molar-refractivity contribution < 1.29 is 12.8 Å². The number of rotatable bonds is 4. The number of hydrogen-bond acceptors (Lipinski definition) is 5. The van der Waals surface area contributed by atoms with Gasteiger partial charge in [-0.3, -0.25) is 4.72 Å². The predicted molar refractivity (Wildman–Crippen MR) is 91.2 cm³/mol. The average Bonchev–Trinajstić information content (AvgIpc) is 2.96. The van der Waals surface area contributed by atoms with Crippen LogP contribution in [0.4, 0.5) is 5.69 Å². The molecule has 0 saturated carbocycles. The third kappa shape index (κ3) is 3.30. The second-order valence-corrected chi connectivity index (χ2v) is 7.24. The first-order valence-electron chi connectivity index (χ1n) is 7.36. The fourth-order valence-corrected chi connectivity index (χ4v) is 3.36. The molecule has 0 aliphatic rings. The summed E-state index contributed by atoms with van der Waals surface area (Å²) in [5.41, 5.74) is 3.05. The van der Waals surface area contributed by atoms with E-state index in [0.717, 1.165) is 11.1 Å². The quantitative estimate of drug-likeness (QED) is 0.784. The monoisotopic (exact) mass is 343 g/mol. The molecule has 3 rings (SSSR count). The van der Waals surface area contributed by atoms with E-state index >= 15 is 0 Å². The summed E-state index contributed by atoms with van der Waals surface area (Å²) in [6.45, 7) is 5.52. The lowest BCUT2D eigenvalue weighted by molar-refractivity contribution is 0.533. The number of nitrogens with zero attached hydrogens (tertiary/aromatic N) is 2. The number of benzene rings is 2. The van der Waals surface area contributed by atoms with Gasteiger partial charge in [0.2, 0.25) is 11.8 Å². The lowest BCUT2D eigenvalue weighted by atomic mass is 10.1. The van der Waals surface area contributed by atoms with E-state index in [1.165, 1.54) is 0 Å². The Kier molecular flexibility index (Phi) is 4.11. The van der Waals surface area contributed by atoms with Crippen LogP contribution in [-0.2, 0) is 10.0 Å². The van der Waals surface area contributed by atoms with Gasteiger partial charge in [0, 0.05) is 18.2 Å². The summed E-state index contributed by atoms with van der Waals surface area (Å²) in [7, 11) is -3.66. The predicted octanol–water partition coefficient (Wildman–Crippen LogP) is 3.46. The highest BCUT2D eigenvalue weighted by Crippen LogP contribution is 2.24. The minimum atomic E-state index is -3.66. The third-order valence-corrected chi connectivity index (χ3v) is 5.06. The van der Waals surface area contributed by atoms with Gasteiger partial charge in [0.25, 0.3) is 10.0 Å². The van der Waals surface area contributed by atoms with Gasteiger partial charge < -0.3 is 4.42 Å². The largest absolute Gasteiger partial charge is 0.421 e. The molecule has 0 aliphatic heterocycles. The Morgan fingerprint density at radius 2 is 1.75 bits per heavy atom. The third-order valence-electron chi connectivity index (χ3n) is 3.68. The van der Waals surface area contributed by atoms with Crippen molar-refractivity contribution in [3.05, 3.63) is 59.5 Å². The van der Waals surface area contributed by atoms with Crippen molar-refractivity contribution in [2.45, 2.75) is 25.7 Å². The Morgan fingerprint density at radius 1 is 0.958 bits per heavy atom. The van der Waals surface area contributed by atoms with E-state index in [-0.39, 0.29) is 4.90 Å². The van der Waals surface area contributed by atoms with Gasteiger partial charge >= 0.3 is 0 Å². The van der Waals surface area contributed by atoms with Crippen LogP contribution >= 0.6 is 0 Å². The van der Waals surface area contributed by atoms with Crippen molar-refractivity contribution in [2.75, 3.05) is 4.72 Å². The maximum atomic E-state index is 12.6. The van der Waals surface area contributed by atoms with Crippen LogP contribution in [0.25, 0.3) is 11.5 Å². The van der Waals surface area contributed by atoms with Crippen molar-refractivity contribution in [1.29, 1.82) is 0 Å². The highest BCUT2D eigenvalue weighted by atomic mass is 32.2. The van der Waals surface area contributed by atoms with Crippen LogP contribution in [-0.4, -0.2) is 18.6 Å². The van der Waals surface area contributed by atoms with Crippen molar-refractivity contribution in [2.24, 2.45) is 0 Å². The molecule has 24 heavy (non-hydrogen) atoms. The second kappa shape index (κ2) is 6.09. The summed E-state index contributed by atoms with van der Waals surface area (Å²) in [5, 5.41) is 7.72. The van der Waals surface area contributed by atoms with Crippen LogP contribution in [0.3, 0.4) is 0 Å². The highest BCUT2D eigenvalue weighted by molar-refractivity contribution is 7.92. The summed E-state index contributed by atoms with van der Waals surface area (Å²) in [5.74, 6) is 0.797. The number of nitrogens with one attached hydrogen (secondary N) is 1. The molecule has 0 spiro atoms. The molecule has 0 amide bonds. The topological polar surface area (TPSA) is 85.1 Å². The first-order chi connectivity index (χ1) is 11.3. The summed E-state index contributed by atoms with van der Waals surface area (Å²) in [6.07, 6.45) is 0. The molecule has 3 aromatic rings. The van der Waals surface area contributed by atoms with Gasteiger partial charge in [-0.2, -0.15) is 0 Å². The SMILES string of the molecule is Cc1nnc(-c2cccc(NS(=O)(=O)c3ccc(C)c(C)c3)c2)o1. The Bertz CT molecular complexity index is 994. The molecular weight excluding hydrogens is 326 g/mol. The van der Waals surface area contributed by atoms with Gasteiger partial charge in [-0.25, -0.2) is 8.42 Å². The van der Waals surface area contributed by atoms with E-state index in [9.17, 15) is 8.42 Å². The smallest absolute Gasteiger partial charge is 0.261 e. The minimum absolute atomic E-state index is 0.227. The molecular formula is C17H17N3O3S. The zero-order chi connectivity index (χ0) is 17.3. The van der Waals surface area contributed by atoms with E-state index in [4.69, 9.17) is 4.42 Å². The maximum Gasteiger partial charge on any atom is 0.261 e. The van der Waals surface area contributed by atoms with Crippen LogP contribution in [0.5, 0.6) is 0 Å². The Hall–Kier alpha value is -2.67. The zero-order valence-corrected chi connectivity index (χ0v) is 14.4. The first-order valence-corrected chi connectivity index (χ1v) is 8.84. The Labute approximate surface area is 140 Å². The average molecular weight is 343 g/mol. The van der Waals surface area contributed by atoms with Crippen LogP contribution in [0.1, 0.15) is 17.0 Å². The van der Waals surface area contributed by atoms with Gasteiger partial charge in [-0.15, -0.1) is 10.2 Å². The summed E-state index contributed by atoms with van der Waals surface area (Å²) in [4.78, 5) is 0.227. The Balaban J connectivity index is 1.91. The van der Waals surface area contributed by atoms with Gasteiger partial charge in [0.15, 0.2) is 0 Å². The van der Waals surface area contributed by atoms with Crippen molar-refractivity contribution in [3.63, 3.8) is 0 Å². The van der Waals surface area contributed by atoms with Crippen LogP contribution in [0, 0.1) is 20.8 Å². The van der Waals surface area contributed by atoms with Crippen LogP contribution in [0.2, 0.25) is 0 Å². The normalized spacial score (nSPS) is 11.5. The van der Waals surface area contributed by atoms with Crippen molar-refractivity contribution in [3.8, 4) is 11.5 Å². The van der Waals surface area contributed by atoms with Gasteiger partial charge in [0.05, 0.1) is 4.90 Å². The molecule has 0 aliphatic carbocycles. The molecule has 6 nitrogen and oxygen atoms in total. The zero-order valence-electron chi connectivity index (χ0n) is 13.6. The number of aromatic nitrogens is 2. The molecule has 1 N–H and O–H groups in total. The molecule has 0 radical (unpaired) electrons. The number of aryl methyl sites for hydroxylation is 3. The number of anilines is 1. The van der Waals surface area contributed by atoms with E-state index in [0.29, 0.717) is 23.0 Å². The molecule has 7 heteroatoms. The standard InChI is InChI=1S/C17H17N3O3S/c1-11-7-8-16(9-12(11)2)24(21,22)20-15-6-4-5-14(10-15)17-19-18-13(3)23-17/h4-10,20H,1-3H3. The van der Waals surface area contributed by atoms with E-state index in [1.807, 2.05) is 13.8 Å². The lowest BCUT2D eigenvalue weighted by Gasteiger charge is -2.10. The van der Waals surface area contributed by atoms with Crippen molar-refractivity contribution in [1.82, 2.24) is 10.2 Å². The molecule has 0 bridgehead atoms. The second-order valence-electron chi connectivity index (χ2n) is 5.56. The minimum Gasteiger partial charge on any atom is -0.421 e. The summed E-state index contributed by atoms with van der Waals surface area (Å²) < 4.78 is 33.1. The number of sulfonamides is 1. The molecule has 0 atom stereocenters. The lowest BCUT2D eigenvalue weighted by Crippen LogP contribution is -2.13. The highest BCUT2D eigenvalue weighted by Gasteiger charge is 2.16. The molecule has 124 valence electrons. The van der Waals surface area contributed by atoms with E-state index in [1.54, 1.807) is 49.4 Å².